The highest BCUT2D eigenvalue weighted by molar-refractivity contribution is 9.10. The van der Waals surface area contributed by atoms with Crippen LogP contribution in [-0.2, 0) is 6.54 Å². The molecule has 0 fully saturated rings. The molecule has 2 aromatic carbocycles. The number of nitro benzene ring substituents is 1. The molecule has 2 aromatic rings. The Hall–Kier alpha value is -1.95. The molecule has 0 atom stereocenters. The third-order valence-corrected chi connectivity index (χ3v) is 3.18. The van der Waals surface area contributed by atoms with E-state index in [1.54, 1.807) is 24.3 Å². The topological polar surface area (TPSA) is 55.2 Å². The van der Waals surface area contributed by atoms with E-state index in [2.05, 4.69) is 21.2 Å². The van der Waals surface area contributed by atoms with Crippen LogP contribution in [0.2, 0.25) is 0 Å². The van der Waals surface area contributed by atoms with E-state index in [1.807, 2.05) is 0 Å². The summed E-state index contributed by atoms with van der Waals surface area (Å²) >= 11 is 3.07. The van der Waals surface area contributed by atoms with Gasteiger partial charge in [-0.05, 0) is 39.7 Å². The first-order valence-corrected chi connectivity index (χ1v) is 6.28. The molecule has 0 saturated heterocycles. The molecular formula is C13H10BrFN2O2. The van der Waals surface area contributed by atoms with Gasteiger partial charge in [0.1, 0.15) is 5.82 Å². The zero-order valence-electron chi connectivity index (χ0n) is 9.77. The van der Waals surface area contributed by atoms with Crippen molar-refractivity contribution in [2.24, 2.45) is 0 Å². The van der Waals surface area contributed by atoms with Gasteiger partial charge in [-0.2, -0.15) is 0 Å². The Balaban J connectivity index is 2.07. The normalized spacial score (nSPS) is 10.2. The molecule has 98 valence electrons. The molecule has 0 amide bonds. The maximum absolute atomic E-state index is 13.3. The van der Waals surface area contributed by atoms with Gasteiger partial charge in [0, 0.05) is 24.4 Å². The molecular weight excluding hydrogens is 315 g/mol. The smallest absolute Gasteiger partial charge is 0.269 e. The number of benzene rings is 2. The second-order valence-electron chi connectivity index (χ2n) is 3.91. The standard InChI is InChI=1S/C13H10BrFN2O2/c14-12-5-4-10(7-13(12)15)16-8-9-2-1-3-11(6-9)17(18)19/h1-7,16H,8H2. The Bertz CT molecular complexity index is 619. The van der Waals surface area contributed by atoms with Crippen molar-refractivity contribution in [2.45, 2.75) is 6.54 Å². The summed E-state index contributed by atoms with van der Waals surface area (Å²) in [5.74, 6) is -0.357. The van der Waals surface area contributed by atoms with Crippen LogP contribution >= 0.6 is 15.9 Å². The van der Waals surface area contributed by atoms with E-state index in [4.69, 9.17) is 0 Å². The lowest BCUT2D eigenvalue weighted by molar-refractivity contribution is -0.384. The van der Waals surface area contributed by atoms with Crippen molar-refractivity contribution >= 4 is 27.3 Å². The van der Waals surface area contributed by atoms with Crippen LogP contribution in [0.4, 0.5) is 15.8 Å². The number of nitrogens with one attached hydrogen (secondary N) is 1. The van der Waals surface area contributed by atoms with Crippen molar-refractivity contribution in [3.05, 3.63) is 68.4 Å². The van der Waals surface area contributed by atoms with Crippen LogP contribution in [0, 0.1) is 15.9 Å². The van der Waals surface area contributed by atoms with E-state index in [0.717, 1.165) is 5.56 Å². The molecule has 2 rings (SSSR count). The lowest BCUT2D eigenvalue weighted by Gasteiger charge is -2.07. The predicted octanol–water partition coefficient (Wildman–Crippen LogP) is 4.11. The fraction of sp³-hybridized carbons (Fsp3) is 0.0769. The summed E-state index contributed by atoms with van der Waals surface area (Å²) in [5, 5.41) is 13.7. The van der Waals surface area contributed by atoms with E-state index in [1.165, 1.54) is 18.2 Å². The Labute approximate surface area is 117 Å². The first-order chi connectivity index (χ1) is 9.06. The number of hydrogen-bond acceptors (Lipinski definition) is 3. The van der Waals surface area contributed by atoms with Gasteiger partial charge in [-0.25, -0.2) is 4.39 Å². The molecule has 0 saturated carbocycles. The maximum atomic E-state index is 13.3. The minimum atomic E-state index is -0.442. The van der Waals surface area contributed by atoms with Gasteiger partial charge in [0.15, 0.2) is 0 Å². The molecule has 19 heavy (non-hydrogen) atoms. The third-order valence-electron chi connectivity index (χ3n) is 2.54. The molecule has 0 bridgehead atoms. The van der Waals surface area contributed by atoms with Crippen molar-refractivity contribution in [3.63, 3.8) is 0 Å². The van der Waals surface area contributed by atoms with Crippen molar-refractivity contribution in [3.8, 4) is 0 Å². The van der Waals surface area contributed by atoms with Crippen LogP contribution < -0.4 is 5.32 Å². The van der Waals surface area contributed by atoms with Gasteiger partial charge in [-0.1, -0.05) is 12.1 Å². The van der Waals surface area contributed by atoms with Gasteiger partial charge < -0.3 is 5.32 Å². The molecule has 0 aliphatic carbocycles. The SMILES string of the molecule is O=[N+]([O-])c1cccc(CNc2ccc(Br)c(F)c2)c1. The molecule has 0 aliphatic rings. The van der Waals surface area contributed by atoms with Gasteiger partial charge >= 0.3 is 0 Å². The highest BCUT2D eigenvalue weighted by Crippen LogP contribution is 2.20. The third kappa shape index (κ3) is 3.51. The fourth-order valence-corrected chi connectivity index (χ4v) is 1.84. The second-order valence-corrected chi connectivity index (χ2v) is 4.76. The van der Waals surface area contributed by atoms with Crippen molar-refractivity contribution in [1.82, 2.24) is 0 Å². The van der Waals surface area contributed by atoms with E-state index < -0.39 is 4.92 Å². The first kappa shape index (κ1) is 13.5. The Morgan fingerprint density at radius 1 is 1.26 bits per heavy atom. The molecule has 0 aliphatic heterocycles. The van der Waals surface area contributed by atoms with E-state index in [0.29, 0.717) is 16.7 Å². The zero-order valence-corrected chi connectivity index (χ0v) is 11.4. The molecule has 4 nitrogen and oxygen atoms in total. The quantitative estimate of drug-likeness (QED) is 0.680. The number of nitro groups is 1. The summed E-state index contributed by atoms with van der Waals surface area (Å²) < 4.78 is 13.7. The van der Waals surface area contributed by atoms with Gasteiger partial charge in [0.25, 0.3) is 5.69 Å². The summed E-state index contributed by atoms with van der Waals surface area (Å²) in [7, 11) is 0. The van der Waals surface area contributed by atoms with E-state index in [9.17, 15) is 14.5 Å². The number of hydrogen-bond donors (Lipinski definition) is 1. The second kappa shape index (κ2) is 5.79. The highest BCUT2D eigenvalue weighted by Gasteiger charge is 2.06. The lowest BCUT2D eigenvalue weighted by atomic mass is 10.2. The van der Waals surface area contributed by atoms with Crippen LogP contribution in [0.25, 0.3) is 0 Å². The molecule has 0 aromatic heterocycles. The number of halogens is 2. The minimum absolute atomic E-state index is 0.0429. The van der Waals surface area contributed by atoms with Crippen molar-refractivity contribution in [2.75, 3.05) is 5.32 Å². The van der Waals surface area contributed by atoms with E-state index >= 15 is 0 Å². The summed E-state index contributed by atoms with van der Waals surface area (Å²) in [4.78, 5) is 10.2. The van der Waals surface area contributed by atoms with Gasteiger partial charge in [0.05, 0.1) is 9.40 Å². The van der Waals surface area contributed by atoms with Crippen molar-refractivity contribution in [1.29, 1.82) is 0 Å². The van der Waals surface area contributed by atoms with Crippen LogP contribution in [0.5, 0.6) is 0 Å². The number of rotatable bonds is 4. The van der Waals surface area contributed by atoms with Crippen LogP contribution in [0.1, 0.15) is 5.56 Å². The summed E-state index contributed by atoms with van der Waals surface area (Å²) in [6.45, 7) is 0.392. The molecule has 6 heteroatoms. The number of non-ortho nitro benzene ring substituents is 1. The lowest BCUT2D eigenvalue weighted by Crippen LogP contribution is -2.00. The van der Waals surface area contributed by atoms with Crippen LogP contribution in [0.15, 0.2) is 46.9 Å². The summed E-state index contributed by atoms with van der Waals surface area (Å²) in [6, 6.07) is 11.0. The molecule has 1 N–H and O–H groups in total. The summed E-state index contributed by atoms with van der Waals surface area (Å²) in [6.07, 6.45) is 0. The molecule has 0 unspecified atom stereocenters. The molecule has 0 radical (unpaired) electrons. The largest absolute Gasteiger partial charge is 0.381 e. The average molecular weight is 325 g/mol. The van der Waals surface area contributed by atoms with E-state index in [-0.39, 0.29) is 11.5 Å². The highest BCUT2D eigenvalue weighted by atomic mass is 79.9. The predicted molar refractivity (Wildman–Crippen MR) is 74.5 cm³/mol. The number of anilines is 1. The van der Waals surface area contributed by atoms with Gasteiger partial charge in [-0.15, -0.1) is 0 Å². The minimum Gasteiger partial charge on any atom is -0.381 e. The monoisotopic (exact) mass is 324 g/mol. The summed E-state index contributed by atoms with van der Waals surface area (Å²) in [5.41, 5.74) is 1.42. The van der Waals surface area contributed by atoms with Crippen molar-refractivity contribution < 1.29 is 9.31 Å². The first-order valence-electron chi connectivity index (χ1n) is 5.48. The van der Waals surface area contributed by atoms with Crippen LogP contribution in [-0.4, -0.2) is 4.92 Å². The molecule has 0 heterocycles. The Morgan fingerprint density at radius 2 is 2.05 bits per heavy atom. The fourth-order valence-electron chi connectivity index (χ4n) is 1.59. The van der Waals surface area contributed by atoms with Crippen LogP contribution in [0.3, 0.4) is 0 Å². The molecule has 0 spiro atoms. The Kier molecular flexibility index (Phi) is 4.11. The Morgan fingerprint density at radius 3 is 2.74 bits per heavy atom. The zero-order chi connectivity index (χ0) is 13.8. The maximum Gasteiger partial charge on any atom is 0.269 e. The van der Waals surface area contributed by atoms with Gasteiger partial charge in [-0.3, -0.25) is 10.1 Å². The number of nitrogens with zero attached hydrogens (tertiary/aromatic N) is 1. The van der Waals surface area contributed by atoms with Gasteiger partial charge in [0.2, 0.25) is 0 Å². The average Bonchev–Trinajstić information content (AvgIpc) is 2.40.